The predicted molar refractivity (Wildman–Crippen MR) is 56.1 cm³/mol. The highest BCUT2D eigenvalue weighted by molar-refractivity contribution is 4.90. The fourth-order valence-corrected chi connectivity index (χ4v) is 1.22. The zero-order valence-electron chi connectivity index (χ0n) is 9.40. The van der Waals surface area contributed by atoms with Crippen LogP contribution in [0.2, 0.25) is 0 Å². The molecule has 0 unspecified atom stereocenters. The topological polar surface area (TPSA) is 74.2 Å². The molecule has 0 saturated heterocycles. The van der Waals surface area contributed by atoms with Gasteiger partial charge in [-0.15, -0.1) is 0 Å². The van der Waals surface area contributed by atoms with Crippen molar-refractivity contribution in [2.45, 2.75) is 45.8 Å². The Morgan fingerprint density at radius 2 is 2.20 bits per heavy atom. The third-order valence-corrected chi connectivity index (χ3v) is 1.98. The van der Waals surface area contributed by atoms with Crippen LogP contribution in [0, 0.1) is 0 Å². The van der Waals surface area contributed by atoms with Gasteiger partial charge in [0, 0.05) is 6.61 Å². The average molecular weight is 213 g/mol. The maximum atomic E-state index is 5.84. The number of nitrogens with two attached hydrogens (primary N) is 1. The molecule has 0 bridgehead atoms. The Kier molecular flexibility index (Phi) is 5.28. The first kappa shape index (κ1) is 12.1. The lowest BCUT2D eigenvalue weighted by Crippen LogP contribution is -2.10. The maximum absolute atomic E-state index is 5.84. The molecule has 1 atom stereocenters. The van der Waals surface area contributed by atoms with Crippen molar-refractivity contribution in [2.24, 2.45) is 5.73 Å². The van der Waals surface area contributed by atoms with Crippen LogP contribution >= 0.6 is 0 Å². The standard InChI is InChI=1S/C10H19N3O2/c1-3-5-8(11)10-12-9(13-15-10)7-14-6-4-2/h8H,3-7,11H2,1-2H3/t8-/m1/s1. The molecule has 86 valence electrons. The molecule has 0 spiro atoms. The number of aromatic nitrogens is 2. The fraction of sp³-hybridized carbons (Fsp3) is 0.800. The van der Waals surface area contributed by atoms with Crippen molar-refractivity contribution < 1.29 is 9.26 Å². The van der Waals surface area contributed by atoms with Crippen LogP contribution in [-0.4, -0.2) is 16.7 Å². The molecule has 15 heavy (non-hydrogen) atoms. The van der Waals surface area contributed by atoms with Crippen molar-refractivity contribution >= 4 is 0 Å². The van der Waals surface area contributed by atoms with Gasteiger partial charge in [0.15, 0.2) is 5.82 Å². The van der Waals surface area contributed by atoms with E-state index >= 15 is 0 Å². The summed E-state index contributed by atoms with van der Waals surface area (Å²) in [5.41, 5.74) is 5.84. The second-order valence-corrected chi connectivity index (χ2v) is 3.50. The zero-order chi connectivity index (χ0) is 11.1. The highest BCUT2D eigenvalue weighted by Crippen LogP contribution is 2.13. The summed E-state index contributed by atoms with van der Waals surface area (Å²) in [4.78, 5) is 4.17. The molecule has 0 saturated carbocycles. The Morgan fingerprint density at radius 3 is 2.87 bits per heavy atom. The van der Waals surface area contributed by atoms with Gasteiger partial charge in [0.25, 0.3) is 0 Å². The number of nitrogens with zero attached hydrogens (tertiary/aromatic N) is 2. The molecule has 0 fully saturated rings. The van der Waals surface area contributed by atoms with E-state index in [-0.39, 0.29) is 6.04 Å². The van der Waals surface area contributed by atoms with Crippen molar-refractivity contribution in [1.29, 1.82) is 0 Å². The molecule has 1 rings (SSSR count). The summed E-state index contributed by atoms with van der Waals surface area (Å²) in [5, 5.41) is 3.80. The van der Waals surface area contributed by atoms with E-state index in [1.807, 2.05) is 0 Å². The smallest absolute Gasteiger partial charge is 0.243 e. The Balaban J connectivity index is 2.41. The van der Waals surface area contributed by atoms with Crippen LogP contribution in [0.25, 0.3) is 0 Å². The van der Waals surface area contributed by atoms with Gasteiger partial charge >= 0.3 is 0 Å². The quantitative estimate of drug-likeness (QED) is 0.699. The molecule has 0 radical (unpaired) electrons. The Labute approximate surface area is 90.0 Å². The van der Waals surface area contributed by atoms with Crippen molar-refractivity contribution in [3.05, 3.63) is 11.7 Å². The molecule has 1 aromatic rings. The number of ether oxygens (including phenoxy) is 1. The zero-order valence-corrected chi connectivity index (χ0v) is 9.40. The van der Waals surface area contributed by atoms with Gasteiger partial charge in [0.2, 0.25) is 5.89 Å². The molecule has 0 aliphatic rings. The monoisotopic (exact) mass is 213 g/mol. The summed E-state index contributed by atoms with van der Waals surface area (Å²) in [6, 6.07) is -0.151. The fourth-order valence-electron chi connectivity index (χ4n) is 1.22. The lowest BCUT2D eigenvalue weighted by Gasteiger charge is -2.02. The maximum Gasteiger partial charge on any atom is 0.243 e. The van der Waals surface area contributed by atoms with Crippen molar-refractivity contribution in [1.82, 2.24) is 10.1 Å². The van der Waals surface area contributed by atoms with Gasteiger partial charge in [-0.05, 0) is 12.8 Å². The number of hydrogen-bond acceptors (Lipinski definition) is 5. The molecular weight excluding hydrogens is 194 g/mol. The minimum Gasteiger partial charge on any atom is -0.373 e. The molecule has 2 N–H and O–H groups in total. The average Bonchev–Trinajstić information content (AvgIpc) is 2.67. The van der Waals surface area contributed by atoms with E-state index < -0.39 is 0 Å². The van der Waals surface area contributed by atoms with Gasteiger partial charge in [0.1, 0.15) is 6.61 Å². The summed E-state index contributed by atoms with van der Waals surface area (Å²) in [6.45, 7) is 5.24. The Bertz CT molecular complexity index is 275. The van der Waals surface area contributed by atoms with E-state index in [9.17, 15) is 0 Å². The van der Waals surface area contributed by atoms with Gasteiger partial charge in [-0.3, -0.25) is 0 Å². The molecule has 5 nitrogen and oxygen atoms in total. The SMILES string of the molecule is CCCOCc1noc([C@H](N)CCC)n1. The largest absolute Gasteiger partial charge is 0.373 e. The van der Waals surface area contributed by atoms with Crippen molar-refractivity contribution in [3.63, 3.8) is 0 Å². The van der Waals surface area contributed by atoms with Gasteiger partial charge in [0.05, 0.1) is 6.04 Å². The van der Waals surface area contributed by atoms with E-state index in [0.29, 0.717) is 24.9 Å². The summed E-state index contributed by atoms with van der Waals surface area (Å²) in [6.07, 6.45) is 2.85. The Hall–Kier alpha value is -0.940. The molecule has 0 amide bonds. The van der Waals surface area contributed by atoms with E-state index in [2.05, 4.69) is 24.0 Å². The molecule has 5 heteroatoms. The first-order valence-electron chi connectivity index (χ1n) is 5.43. The molecule has 0 aromatic carbocycles. The lowest BCUT2D eigenvalue weighted by atomic mass is 10.2. The van der Waals surface area contributed by atoms with Crippen LogP contribution in [0.15, 0.2) is 4.52 Å². The van der Waals surface area contributed by atoms with Gasteiger partial charge in [-0.25, -0.2) is 0 Å². The summed E-state index contributed by atoms with van der Waals surface area (Å²) < 4.78 is 10.3. The molecule has 0 aliphatic heterocycles. The van der Waals surface area contributed by atoms with Crippen LogP contribution in [0.3, 0.4) is 0 Å². The van der Waals surface area contributed by atoms with E-state index in [0.717, 1.165) is 19.3 Å². The number of rotatable bonds is 7. The summed E-state index contributed by atoms with van der Waals surface area (Å²) in [7, 11) is 0. The van der Waals surface area contributed by atoms with Crippen LogP contribution in [-0.2, 0) is 11.3 Å². The van der Waals surface area contributed by atoms with Crippen LogP contribution in [0.4, 0.5) is 0 Å². The third kappa shape index (κ3) is 3.97. The normalized spacial score (nSPS) is 13.0. The first-order chi connectivity index (χ1) is 7.27. The van der Waals surface area contributed by atoms with Crippen molar-refractivity contribution in [3.8, 4) is 0 Å². The minimum atomic E-state index is -0.151. The summed E-state index contributed by atoms with van der Waals surface area (Å²) >= 11 is 0. The van der Waals surface area contributed by atoms with Gasteiger partial charge in [-0.1, -0.05) is 25.4 Å². The van der Waals surface area contributed by atoms with E-state index in [1.54, 1.807) is 0 Å². The second kappa shape index (κ2) is 6.53. The number of hydrogen-bond donors (Lipinski definition) is 1. The lowest BCUT2D eigenvalue weighted by molar-refractivity contribution is 0.114. The molecule has 1 heterocycles. The van der Waals surface area contributed by atoms with Gasteiger partial charge < -0.3 is 15.0 Å². The van der Waals surface area contributed by atoms with Crippen LogP contribution < -0.4 is 5.73 Å². The first-order valence-corrected chi connectivity index (χ1v) is 5.43. The van der Waals surface area contributed by atoms with E-state index in [1.165, 1.54) is 0 Å². The van der Waals surface area contributed by atoms with Gasteiger partial charge in [-0.2, -0.15) is 4.98 Å². The van der Waals surface area contributed by atoms with Crippen LogP contribution in [0.5, 0.6) is 0 Å². The molecule has 0 aliphatic carbocycles. The highest BCUT2D eigenvalue weighted by Gasteiger charge is 2.13. The van der Waals surface area contributed by atoms with Crippen molar-refractivity contribution in [2.75, 3.05) is 6.61 Å². The van der Waals surface area contributed by atoms with Crippen LogP contribution in [0.1, 0.15) is 50.9 Å². The van der Waals surface area contributed by atoms with E-state index in [4.69, 9.17) is 15.0 Å². The Morgan fingerprint density at radius 1 is 1.40 bits per heavy atom. The highest BCUT2D eigenvalue weighted by atomic mass is 16.5. The predicted octanol–water partition coefficient (Wildman–Crippen LogP) is 1.80. The third-order valence-electron chi connectivity index (χ3n) is 1.98. The molecule has 1 aromatic heterocycles. The minimum absolute atomic E-state index is 0.151. The second-order valence-electron chi connectivity index (χ2n) is 3.50. The molecular formula is C10H19N3O2. The summed E-state index contributed by atoms with van der Waals surface area (Å²) in [5.74, 6) is 1.08.